The van der Waals surface area contributed by atoms with Crippen LogP contribution in [0, 0.1) is 6.92 Å². The fourth-order valence-corrected chi connectivity index (χ4v) is 3.20. The zero-order valence-corrected chi connectivity index (χ0v) is 17.2. The number of ether oxygens (including phenoxy) is 2. The maximum Gasteiger partial charge on any atom is 0.347 e. The molecule has 0 N–H and O–H groups in total. The predicted octanol–water partition coefficient (Wildman–Crippen LogP) is 4.37. The number of hydrogen-bond acceptors (Lipinski definition) is 6. The Hall–Kier alpha value is -2.63. The van der Waals surface area contributed by atoms with Crippen molar-refractivity contribution in [3.8, 4) is 5.75 Å². The summed E-state index contributed by atoms with van der Waals surface area (Å²) in [5.74, 6) is -0.584. The van der Waals surface area contributed by atoms with E-state index in [1.807, 2.05) is 6.92 Å². The zero-order valence-electron chi connectivity index (χ0n) is 17.2. The Kier molecular flexibility index (Phi) is 7.38. The van der Waals surface area contributed by atoms with Crippen molar-refractivity contribution in [2.24, 2.45) is 0 Å². The molecule has 0 spiro atoms. The van der Waals surface area contributed by atoms with Crippen LogP contribution in [0.25, 0.3) is 11.0 Å². The van der Waals surface area contributed by atoms with Crippen LogP contribution in [0.4, 0.5) is 0 Å². The molecule has 1 aromatic heterocycles. The van der Waals surface area contributed by atoms with E-state index in [1.54, 1.807) is 26.0 Å². The molecule has 6 heteroatoms. The van der Waals surface area contributed by atoms with Crippen molar-refractivity contribution in [2.45, 2.75) is 66.4 Å². The van der Waals surface area contributed by atoms with Crippen LogP contribution in [-0.2, 0) is 16.0 Å². The van der Waals surface area contributed by atoms with Gasteiger partial charge in [0, 0.05) is 10.9 Å². The minimum absolute atomic E-state index is 0.169. The van der Waals surface area contributed by atoms with E-state index in [-0.39, 0.29) is 29.3 Å². The Bertz CT molecular complexity index is 925. The molecule has 1 aromatic carbocycles. The number of carbonyl (C=O) groups excluding carboxylic acids is 2. The van der Waals surface area contributed by atoms with E-state index in [0.29, 0.717) is 23.8 Å². The number of carbonyl (C=O) groups is 2. The molecule has 0 saturated carbocycles. The highest BCUT2D eigenvalue weighted by molar-refractivity contribution is 6.08. The van der Waals surface area contributed by atoms with E-state index in [2.05, 4.69) is 6.92 Å². The van der Waals surface area contributed by atoms with Crippen molar-refractivity contribution in [3.63, 3.8) is 0 Å². The summed E-state index contributed by atoms with van der Waals surface area (Å²) in [5.41, 5.74) is 1.38. The van der Waals surface area contributed by atoms with Crippen LogP contribution >= 0.6 is 0 Å². The Morgan fingerprint density at radius 3 is 2.46 bits per heavy atom. The van der Waals surface area contributed by atoms with Crippen LogP contribution in [0.5, 0.6) is 5.75 Å². The average molecular weight is 388 g/mol. The van der Waals surface area contributed by atoms with Crippen molar-refractivity contribution in [1.82, 2.24) is 0 Å². The van der Waals surface area contributed by atoms with E-state index >= 15 is 0 Å². The summed E-state index contributed by atoms with van der Waals surface area (Å²) < 4.78 is 16.4. The van der Waals surface area contributed by atoms with E-state index < -0.39 is 17.7 Å². The van der Waals surface area contributed by atoms with E-state index in [9.17, 15) is 14.4 Å². The van der Waals surface area contributed by atoms with Crippen molar-refractivity contribution >= 4 is 22.7 Å². The minimum Gasteiger partial charge on any atom is -0.478 e. The van der Waals surface area contributed by atoms with Crippen LogP contribution in [0.15, 0.2) is 21.3 Å². The van der Waals surface area contributed by atoms with Crippen LogP contribution < -0.4 is 10.4 Å². The molecule has 2 aromatic rings. The summed E-state index contributed by atoms with van der Waals surface area (Å²) in [6, 6.07) is 3.42. The number of ketones is 1. The first-order valence-electron chi connectivity index (χ1n) is 9.79. The molecule has 0 aliphatic carbocycles. The van der Waals surface area contributed by atoms with Gasteiger partial charge in [0.1, 0.15) is 11.3 Å². The number of rotatable bonds is 9. The van der Waals surface area contributed by atoms with Crippen LogP contribution in [-0.4, -0.2) is 24.5 Å². The van der Waals surface area contributed by atoms with Gasteiger partial charge in [0.15, 0.2) is 17.5 Å². The minimum atomic E-state index is -0.841. The molecule has 2 rings (SSSR count). The number of aryl methyl sites for hydroxylation is 1. The van der Waals surface area contributed by atoms with Gasteiger partial charge in [-0.2, -0.15) is 0 Å². The van der Waals surface area contributed by atoms with Crippen molar-refractivity contribution < 1.29 is 23.5 Å². The molecule has 1 heterocycles. The highest BCUT2D eigenvalue weighted by Gasteiger charge is 2.25. The Labute approximate surface area is 164 Å². The molecule has 0 amide bonds. The molecule has 1 atom stereocenters. The largest absolute Gasteiger partial charge is 0.478 e. The Balaban J connectivity index is 2.60. The van der Waals surface area contributed by atoms with Gasteiger partial charge in [0.2, 0.25) is 0 Å². The molecule has 152 valence electrons. The second-order valence-electron chi connectivity index (χ2n) is 6.73. The molecule has 0 unspecified atom stereocenters. The van der Waals surface area contributed by atoms with Gasteiger partial charge in [-0.25, -0.2) is 9.59 Å². The summed E-state index contributed by atoms with van der Waals surface area (Å²) in [6.45, 7) is 9.05. The highest BCUT2D eigenvalue weighted by atomic mass is 16.6. The number of fused-ring (bicyclic) bond motifs is 1. The summed E-state index contributed by atoms with van der Waals surface area (Å²) in [5, 5.41) is 0.701. The standard InChI is InChI=1S/C22H28O6/c1-6-9-10-16-13(4)15-11-12-18(27-17(7-2)22(25)26-8-3)19(14(5)23)20(15)28-21(16)24/h11-12,17H,6-10H2,1-5H3/t17-/m1/s1. The summed E-state index contributed by atoms with van der Waals surface area (Å²) in [7, 11) is 0. The fraction of sp³-hybridized carbons (Fsp3) is 0.500. The lowest BCUT2D eigenvalue weighted by Gasteiger charge is -2.19. The van der Waals surface area contributed by atoms with Gasteiger partial charge in [-0.1, -0.05) is 20.3 Å². The summed E-state index contributed by atoms with van der Waals surface area (Å²) in [6.07, 6.45) is 2.03. The van der Waals surface area contributed by atoms with Crippen LogP contribution in [0.1, 0.15) is 68.4 Å². The normalized spacial score (nSPS) is 12.0. The lowest BCUT2D eigenvalue weighted by atomic mass is 9.98. The van der Waals surface area contributed by atoms with E-state index in [4.69, 9.17) is 13.9 Å². The molecule has 0 aliphatic heterocycles. The van der Waals surface area contributed by atoms with Crippen molar-refractivity contribution in [2.75, 3.05) is 6.61 Å². The average Bonchev–Trinajstić information content (AvgIpc) is 2.65. The SMILES string of the molecule is CCCCc1c(C)c2ccc(O[C@H](CC)C(=O)OCC)c(C(C)=O)c2oc1=O. The molecule has 6 nitrogen and oxygen atoms in total. The number of hydrogen-bond donors (Lipinski definition) is 0. The Morgan fingerprint density at radius 2 is 1.89 bits per heavy atom. The molecule has 0 radical (unpaired) electrons. The first-order valence-corrected chi connectivity index (χ1v) is 9.79. The first kappa shape index (κ1) is 21.7. The fourth-order valence-electron chi connectivity index (χ4n) is 3.20. The number of benzene rings is 1. The second-order valence-corrected chi connectivity index (χ2v) is 6.73. The van der Waals surface area contributed by atoms with Crippen LogP contribution in [0.2, 0.25) is 0 Å². The van der Waals surface area contributed by atoms with Gasteiger partial charge in [0.05, 0.1) is 6.61 Å². The molecule has 0 saturated heterocycles. The summed E-state index contributed by atoms with van der Waals surface area (Å²) >= 11 is 0. The van der Waals surface area contributed by atoms with Gasteiger partial charge < -0.3 is 13.9 Å². The summed E-state index contributed by atoms with van der Waals surface area (Å²) in [4.78, 5) is 37.0. The predicted molar refractivity (Wildman–Crippen MR) is 107 cm³/mol. The maximum absolute atomic E-state index is 12.5. The topological polar surface area (TPSA) is 82.8 Å². The lowest BCUT2D eigenvalue weighted by Crippen LogP contribution is -2.29. The number of esters is 1. The third-order valence-corrected chi connectivity index (χ3v) is 4.74. The monoisotopic (exact) mass is 388 g/mol. The van der Waals surface area contributed by atoms with E-state index in [1.165, 1.54) is 6.92 Å². The molecule has 0 aliphatic rings. The third kappa shape index (κ3) is 4.43. The third-order valence-electron chi connectivity index (χ3n) is 4.74. The van der Waals surface area contributed by atoms with Gasteiger partial charge in [-0.05, 0) is 57.7 Å². The van der Waals surface area contributed by atoms with E-state index in [0.717, 1.165) is 18.4 Å². The highest BCUT2D eigenvalue weighted by Crippen LogP contribution is 2.32. The molecular weight excluding hydrogens is 360 g/mol. The Morgan fingerprint density at radius 1 is 1.18 bits per heavy atom. The zero-order chi connectivity index (χ0) is 20.8. The smallest absolute Gasteiger partial charge is 0.347 e. The number of unbranched alkanes of at least 4 members (excludes halogenated alkanes) is 1. The lowest BCUT2D eigenvalue weighted by molar-refractivity contribution is -0.151. The molecule has 28 heavy (non-hydrogen) atoms. The molecule has 0 fully saturated rings. The maximum atomic E-state index is 12.5. The second kappa shape index (κ2) is 9.53. The van der Waals surface area contributed by atoms with Gasteiger partial charge in [-0.3, -0.25) is 4.79 Å². The van der Waals surface area contributed by atoms with Crippen molar-refractivity contribution in [3.05, 3.63) is 39.2 Å². The molecule has 0 bridgehead atoms. The number of Topliss-reactive ketones (excluding diaryl/α,β-unsaturated/α-hetero) is 1. The first-order chi connectivity index (χ1) is 13.3. The molecular formula is C22H28O6. The van der Waals surface area contributed by atoms with Crippen molar-refractivity contribution in [1.29, 1.82) is 0 Å². The van der Waals surface area contributed by atoms with Crippen LogP contribution in [0.3, 0.4) is 0 Å². The quantitative estimate of drug-likeness (QED) is 0.360. The van der Waals surface area contributed by atoms with Gasteiger partial charge in [-0.15, -0.1) is 0 Å². The van der Waals surface area contributed by atoms with Gasteiger partial charge in [0.25, 0.3) is 0 Å². The van der Waals surface area contributed by atoms with Gasteiger partial charge >= 0.3 is 11.6 Å².